The minimum absolute atomic E-state index is 0.151. The topological polar surface area (TPSA) is 75.6 Å². The Kier molecular flexibility index (Phi) is 8.38. The van der Waals surface area contributed by atoms with E-state index in [1.165, 1.54) is 36.4 Å². The number of halogens is 2. The van der Waals surface area contributed by atoms with Crippen LogP contribution in [-0.4, -0.2) is 26.6 Å². The van der Waals surface area contributed by atoms with Gasteiger partial charge in [0.2, 0.25) is 9.84 Å². The lowest BCUT2D eigenvalue weighted by molar-refractivity contribution is 0.175. The van der Waals surface area contributed by atoms with Gasteiger partial charge < -0.3 is 15.2 Å². The van der Waals surface area contributed by atoms with Gasteiger partial charge in [0.05, 0.1) is 15.9 Å². The molecule has 186 valence electrons. The Balaban J connectivity index is 1.31. The zero-order chi connectivity index (χ0) is 25.5. The predicted molar refractivity (Wildman–Crippen MR) is 138 cm³/mol. The van der Waals surface area contributed by atoms with Gasteiger partial charge in [-0.15, -0.1) is 0 Å². The van der Waals surface area contributed by atoms with Gasteiger partial charge >= 0.3 is 0 Å². The summed E-state index contributed by atoms with van der Waals surface area (Å²) in [7, 11) is -3.69. The Morgan fingerprint density at radius 3 is 2.06 bits per heavy atom. The van der Waals surface area contributed by atoms with Crippen molar-refractivity contribution in [3.8, 4) is 11.5 Å². The molecule has 0 heterocycles. The second-order valence-corrected chi connectivity index (χ2v) is 10.6. The molecule has 0 saturated heterocycles. The lowest BCUT2D eigenvalue weighted by Gasteiger charge is -2.13. The fraction of sp³-hybridized carbons (Fsp3) is 0.143. The van der Waals surface area contributed by atoms with Crippen LogP contribution in [0.15, 0.2) is 107 Å². The van der Waals surface area contributed by atoms with Crippen molar-refractivity contribution in [1.82, 2.24) is 5.32 Å². The van der Waals surface area contributed by atoms with Crippen LogP contribution in [0.25, 0.3) is 0 Å². The van der Waals surface area contributed by atoms with Crippen LogP contribution in [0, 0.1) is 5.82 Å². The number of ether oxygens (including phenoxy) is 1. The highest BCUT2D eigenvalue weighted by Gasteiger charge is 2.17. The van der Waals surface area contributed by atoms with Crippen molar-refractivity contribution in [2.24, 2.45) is 0 Å². The third-order valence-corrected chi connectivity index (χ3v) is 7.60. The van der Waals surface area contributed by atoms with E-state index in [0.717, 1.165) is 11.1 Å². The van der Waals surface area contributed by atoms with E-state index >= 15 is 0 Å². The van der Waals surface area contributed by atoms with Crippen molar-refractivity contribution in [1.29, 1.82) is 0 Å². The molecular formula is C28H25ClFNO4S. The second kappa shape index (κ2) is 11.7. The van der Waals surface area contributed by atoms with E-state index in [4.69, 9.17) is 16.3 Å². The van der Waals surface area contributed by atoms with Crippen molar-refractivity contribution in [3.63, 3.8) is 0 Å². The number of hydrogen-bond acceptors (Lipinski definition) is 5. The molecule has 1 atom stereocenters. The first-order chi connectivity index (χ1) is 17.3. The predicted octanol–water partition coefficient (Wildman–Crippen LogP) is 5.97. The first-order valence-corrected chi connectivity index (χ1v) is 13.2. The molecule has 4 aromatic rings. The van der Waals surface area contributed by atoms with Gasteiger partial charge in [0.1, 0.15) is 17.3 Å². The van der Waals surface area contributed by atoms with Gasteiger partial charge in [0.15, 0.2) is 0 Å². The molecule has 4 rings (SSSR count). The van der Waals surface area contributed by atoms with Gasteiger partial charge in [-0.1, -0.05) is 35.9 Å². The van der Waals surface area contributed by atoms with E-state index in [9.17, 15) is 17.9 Å². The maximum absolute atomic E-state index is 13.0. The minimum atomic E-state index is -3.69. The summed E-state index contributed by atoms with van der Waals surface area (Å²) in [6.07, 6.45) is 0.0153. The lowest BCUT2D eigenvalue weighted by atomic mass is 10.1. The van der Waals surface area contributed by atoms with Gasteiger partial charge in [-0.3, -0.25) is 0 Å². The summed E-state index contributed by atoms with van der Waals surface area (Å²) in [5.74, 6) is 0.540. The molecule has 5 nitrogen and oxygen atoms in total. The fourth-order valence-corrected chi connectivity index (χ4v) is 5.06. The zero-order valence-corrected chi connectivity index (χ0v) is 20.8. The fourth-order valence-electron chi connectivity index (χ4n) is 3.60. The highest BCUT2D eigenvalue weighted by molar-refractivity contribution is 7.91. The molecule has 0 aliphatic heterocycles. The molecule has 36 heavy (non-hydrogen) atoms. The van der Waals surface area contributed by atoms with Gasteiger partial charge in [-0.2, -0.15) is 0 Å². The van der Waals surface area contributed by atoms with E-state index in [1.54, 1.807) is 54.6 Å². The smallest absolute Gasteiger partial charge is 0.206 e. The number of nitrogens with one attached hydrogen (secondary N) is 1. The normalized spacial score (nSPS) is 12.3. The molecule has 2 N–H and O–H groups in total. The summed E-state index contributed by atoms with van der Waals surface area (Å²) in [6.45, 7) is 1.01. The van der Waals surface area contributed by atoms with Crippen molar-refractivity contribution in [3.05, 3.63) is 119 Å². The van der Waals surface area contributed by atoms with Crippen LogP contribution in [0.5, 0.6) is 11.5 Å². The van der Waals surface area contributed by atoms with Crippen LogP contribution in [-0.2, 0) is 16.3 Å². The number of aliphatic hydroxyl groups excluding tert-OH is 1. The molecule has 1 unspecified atom stereocenters. The maximum Gasteiger partial charge on any atom is 0.206 e. The monoisotopic (exact) mass is 525 g/mol. The maximum atomic E-state index is 13.0. The molecule has 0 aromatic heterocycles. The van der Waals surface area contributed by atoms with Crippen molar-refractivity contribution in [2.75, 3.05) is 13.1 Å². The molecule has 0 aliphatic rings. The van der Waals surface area contributed by atoms with Crippen LogP contribution in [0.4, 0.5) is 4.39 Å². The third kappa shape index (κ3) is 6.71. The van der Waals surface area contributed by atoms with Gasteiger partial charge in [0, 0.05) is 11.6 Å². The number of rotatable bonds is 10. The van der Waals surface area contributed by atoms with Gasteiger partial charge in [-0.05, 0) is 96.9 Å². The van der Waals surface area contributed by atoms with Crippen molar-refractivity contribution < 1.29 is 22.7 Å². The van der Waals surface area contributed by atoms with Crippen LogP contribution in [0.1, 0.15) is 17.2 Å². The largest absolute Gasteiger partial charge is 0.457 e. The van der Waals surface area contributed by atoms with Crippen LogP contribution in [0.2, 0.25) is 5.02 Å². The van der Waals surface area contributed by atoms with E-state index in [2.05, 4.69) is 5.32 Å². The van der Waals surface area contributed by atoms with Crippen LogP contribution < -0.4 is 10.1 Å². The molecule has 8 heteroatoms. The SMILES string of the molecule is O=S(=O)(c1ccc(CCNCC(O)c2cccc(Cl)c2)cc1)c1ccc(Oc2ccc(F)cc2)cc1. The lowest BCUT2D eigenvalue weighted by Crippen LogP contribution is -2.23. The van der Waals surface area contributed by atoms with Crippen LogP contribution >= 0.6 is 11.6 Å². The van der Waals surface area contributed by atoms with E-state index < -0.39 is 15.9 Å². The molecule has 0 radical (unpaired) electrons. The molecule has 0 aliphatic carbocycles. The summed E-state index contributed by atoms with van der Waals surface area (Å²) >= 11 is 5.96. The van der Waals surface area contributed by atoms with E-state index in [-0.39, 0.29) is 15.6 Å². The second-order valence-electron chi connectivity index (χ2n) is 8.20. The summed E-state index contributed by atoms with van der Waals surface area (Å²) < 4.78 is 44.7. The number of hydrogen-bond donors (Lipinski definition) is 2. The number of sulfone groups is 1. The van der Waals surface area contributed by atoms with Gasteiger partial charge in [0.25, 0.3) is 0 Å². The summed E-state index contributed by atoms with van der Waals surface area (Å²) in [4.78, 5) is 0.348. The Bertz CT molecular complexity index is 1390. The molecule has 4 aromatic carbocycles. The highest BCUT2D eigenvalue weighted by Crippen LogP contribution is 2.26. The average molecular weight is 526 g/mol. The summed E-state index contributed by atoms with van der Waals surface area (Å²) in [5.41, 5.74) is 1.72. The van der Waals surface area contributed by atoms with E-state index in [1.807, 2.05) is 6.07 Å². The van der Waals surface area contributed by atoms with Crippen LogP contribution in [0.3, 0.4) is 0 Å². The standard InChI is InChI=1S/C28H25ClFNO4S/c29-22-3-1-2-21(18-22)28(32)19-31-17-16-20-4-12-26(13-5-20)36(33,34)27-14-10-25(11-15-27)35-24-8-6-23(30)7-9-24/h1-15,18,28,31-32H,16-17,19H2. The number of benzene rings is 4. The summed E-state index contributed by atoms with van der Waals surface area (Å²) in [6, 6.07) is 25.5. The average Bonchev–Trinajstić information content (AvgIpc) is 2.88. The highest BCUT2D eigenvalue weighted by atomic mass is 35.5. The molecule has 0 saturated carbocycles. The van der Waals surface area contributed by atoms with Gasteiger partial charge in [-0.25, -0.2) is 12.8 Å². The first kappa shape index (κ1) is 25.9. The molecule has 0 spiro atoms. The Hall–Kier alpha value is -3.23. The Morgan fingerprint density at radius 2 is 1.44 bits per heavy atom. The Labute approximate surface area is 215 Å². The first-order valence-electron chi connectivity index (χ1n) is 11.3. The molecular weight excluding hydrogens is 501 g/mol. The minimum Gasteiger partial charge on any atom is -0.457 e. The van der Waals surface area contributed by atoms with Crippen molar-refractivity contribution in [2.45, 2.75) is 22.3 Å². The summed E-state index contributed by atoms with van der Waals surface area (Å²) in [5, 5.41) is 14.1. The molecule has 0 amide bonds. The van der Waals surface area contributed by atoms with E-state index in [0.29, 0.717) is 36.0 Å². The van der Waals surface area contributed by atoms with Crippen molar-refractivity contribution >= 4 is 21.4 Å². The number of aliphatic hydroxyl groups is 1. The molecule has 0 fully saturated rings. The quantitative estimate of drug-likeness (QED) is 0.249. The third-order valence-electron chi connectivity index (χ3n) is 5.58. The Morgan fingerprint density at radius 1 is 0.861 bits per heavy atom. The molecule has 0 bridgehead atoms. The zero-order valence-electron chi connectivity index (χ0n) is 19.3.